The van der Waals surface area contributed by atoms with Crippen molar-refractivity contribution in [2.45, 2.75) is 0 Å². The largest absolute Gasteiger partial charge is 0.453 e. The number of benzene rings is 1. The van der Waals surface area contributed by atoms with E-state index in [-0.39, 0.29) is 0 Å². The van der Waals surface area contributed by atoms with Gasteiger partial charge in [-0.1, -0.05) is 12.1 Å². The lowest BCUT2D eigenvalue weighted by Gasteiger charge is -1.94. The molecule has 7 nitrogen and oxygen atoms in total. The quantitative estimate of drug-likeness (QED) is 0.559. The number of amides is 1. The summed E-state index contributed by atoms with van der Waals surface area (Å²) >= 11 is 0. The molecule has 0 atom stereocenters. The lowest BCUT2D eigenvalue weighted by atomic mass is 10.3. The summed E-state index contributed by atoms with van der Waals surface area (Å²) in [5.41, 5.74) is 16.5. The molecule has 0 bridgehead atoms. The van der Waals surface area contributed by atoms with Crippen LogP contribution in [0.4, 0.5) is 16.2 Å². The molecule has 1 aromatic rings. The first-order valence-electron chi connectivity index (χ1n) is 4.21. The summed E-state index contributed by atoms with van der Waals surface area (Å²) in [6.07, 6.45) is -0.745. The maximum atomic E-state index is 9.37. The van der Waals surface area contributed by atoms with E-state index in [1.165, 1.54) is 19.2 Å². The third-order valence-electron chi connectivity index (χ3n) is 1.25. The van der Waals surface area contributed by atoms with Crippen LogP contribution in [0.25, 0.3) is 0 Å². The Morgan fingerprint density at radius 1 is 1.18 bits per heavy atom. The minimum absolute atomic E-state index is 0.646. The Morgan fingerprint density at radius 3 is 1.59 bits per heavy atom. The summed E-state index contributed by atoms with van der Waals surface area (Å²) in [5.74, 6) is 0. The standard InChI is InChI=1S/C6H8N2.C2N2.C2H5NO2/c7-5-3-1-2-4-6(5)8;3-1-2-4;1-5-2(3)4/h1-4H,7-8H2;;1H3,(H2,3,4). The van der Waals surface area contributed by atoms with E-state index in [1.54, 1.807) is 12.1 Å². The fraction of sp³-hybridized carbons (Fsp3) is 0.100. The second-order valence-electron chi connectivity index (χ2n) is 2.38. The van der Waals surface area contributed by atoms with E-state index in [4.69, 9.17) is 22.0 Å². The molecule has 1 rings (SSSR count). The van der Waals surface area contributed by atoms with Crippen LogP contribution >= 0.6 is 0 Å². The first-order chi connectivity index (χ1) is 7.99. The monoisotopic (exact) mass is 235 g/mol. The van der Waals surface area contributed by atoms with Crippen molar-refractivity contribution >= 4 is 17.5 Å². The Hall–Kier alpha value is -2.93. The Bertz CT molecular complexity index is 386. The topological polar surface area (TPSA) is 152 Å². The Morgan fingerprint density at radius 2 is 1.47 bits per heavy atom. The van der Waals surface area contributed by atoms with E-state index in [9.17, 15) is 4.79 Å². The summed E-state index contributed by atoms with van der Waals surface area (Å²) < 4.78 is 3.89. The van der Waals surface area contributed by atoms with Crippen molar-refractivity contribution in [1.29, 1.82) is 10.5 Å². The number of hydrogen-bond donors (Lipinski definition) is 3. The number of nitriles is 2. The van der Waals surface area contributed by atoms with Crippen molar-refractivity contribution in [2.24, 2.45) is 5.73 Å². The Kier molecular flexibility index (Phi) is 10.8. The number of carbonyl (C=O) groups excluding carboxylic acids is 1. The summed E-state index contributed by atoms with van der Waals surface area (Å²) in [7, 11) is 1.22. The number of ether oxygens (including phenoxy) is 1. The molecule has 1 aromatic carbocycles. The molecular formula is C10H13N5O2. The van der Waals surface area contributed by atoms with Crippen molar-refractivity contribution in [3.8, 4) is 12.1 Å². The van der Waals surface area contributed by atoms with Gasteiger partial charge in [-0.15, -0.1) is 0 Å². The van der Waals surface area contributed by atoms with Crippen LogP contribution in [0.15, 0.2) is 24.3 Å². The lowest BCUT2D eigenvalue weighted by Crippen LogP contribution is -2.08. The van der Waals surface area contributed by atoms with Crippen molar-refractivity contribution in [1.82, 2.24) is 0 Å². The summed E-state index contributed by atoms with van der Waals surface area (Å²) in [4.78, 5) is 9.37. The Balaban J connectivity index is 0. The van der Waals surface area contributed by atoms with Crippen LogP contribution in [0.3, 0.4) is 0 Å². The zero-order chi connectivity index (χ0) is 13.7. The Labute approximate surface area is 99.0 Å². The molecule has 0 radical (unpaired) electrons. The zero-order valence-corrected chi connectivity index (χ0v) is 9.25. The van der Waals surface area contributed by atoms with Gasteiger partial charge in [-0.3, -0.25) is 0 Å². The van der Waals surface area contributed by atoms with Crippen LogP contribution < -0.4 is 17.2 Å². The molecule has 0 unspecified atom stereocenters. The van der Waals surface area contributed by atoms with Gasteiger partial charge in [-0.25, -0.2) is 4.79 Å². The number of methoxy groups -OCH3 is 1. The van der Waals surface area contributed by atoms with Gasteiger partial charge in [0.25, 0.3) is 0 Å². The van der Waals surface area contributed by atoms with Gasteiger partial charge < -0.3 is 21.9 Å². The van der Waals surface area contributed by atoms with E-state index < -0.39 is 6.09 Å². The second kappa shape index (κ2) is 11.1. The number of rotatable bonds is 0. The average molecular weight is 235 g/mol. The molecule has 0 spiro atoms. The van der Waals surface area contributed by atoms with Crippen molar-refractivity contribution in [3.05, 3.63) is 24.3 Å². The molecule has 0 saturated heterocycles. The molecule has 6 N–H and O–H groups in total. The minimum atomic E-state index is -0.745. The molecule has 90 valence electrons. The number of nitrogen functional groups attached to an aromatic ring is 2. The summed E-state index contributed by atoms with van der Waals surface area (Å²) in [5, 5.41) is 14.5. The smallest absolute Gasteiger partial charge is 0.404 e. The number of para-hydroxylation sites is 2. The van der Waals surface area contributed by atoms with Crippen molar-refractivity contribution < 1.29 is 9.53 Å². The van der Waals surface area contributed by atoms with Crippen LogP contribution in [0.5, 0.6) is 0 Å². The molecule has 0 fully saturated rings. The predicted octanol–water partition coefficient (Wildman–Crippen LogP) is 0.596. The van der Waals surface area contributed by atoms with E-state index in [0.717, 1.165) is 0 Å². The minimum Gasteiger partial charge on any atom is -0.453 e. The number of hydrogen-bond acceptors (Lipinski definition) is 6. The highest BCUT2D eigenvalue weighted by Gasteiger charge is 1.85. The highest BCUT2D eigenvalue weighted by atomic mass is 16.5. The van der Waals surface area contributed by atoms with E-state index in [2.05, 4.69) is 10.5 Å². The van der Waals surface area contributed by atoms with E-state index in [1.807, 2.05) is 12.1 Å². The third kappa shape index (κ3) is 13.1. The van der Waals surface area contributed by atoms with Crippen molar-refractivity contribution in [3.63, 3.8) is 0 Å². The van der Waals surface area contributed by atoms with Gasteiger partial charge in [0.15, 0.2) is 12.1 Å². The number of carbonyl (C=O) groups is 1. The van der Waals surface area contributed by atoms with Gasteiger partial charge in [0, 0.05) is 0 Å². The van der Waals surface area contributed by atoms with Crippen LogP contribution in [0.1, 0.15) is 0 Å². The summed E-state index contributed by atoms with van der Waals surface area (Å²) in [6, 6.07) is 9.72. The number of anilines is 2. The number of primary amides is 1. The molecular weight excluding hydrogens is 222 g/mol. The number of nitrogens with zero attached hydrogens (tertiary/aromatic N) is 2. The van der Waals surface area contributed by atoms with Crippen LogP contribution in [0, 0.1) is 22.7 Å². The molecule has 1 amide bonds. The molecule has 0 aliphatic heterocycles. The van der Waals surface area contributed by atoms with E-state index >= 15 is 0 Å². The summed E-state index contributed by atoms with van der Waals surface area (Å²) in [6.45, 7) is 0. The maximum absolute atomic E-state index is 9.37. The maximum Gasteiger partial charge on any atom is 0.404 e. The normalized spacial score (nSPS) is 6.76. The molecule has 0 aromatic heterocycles. The molecule has 0 aliphatic rings. The van der Waals surface area contributed by atoms with Crippen LogP contribution in [0.2, 0.25) is 0 Å². The third-order valence-corrected chi connectivity index (χ3v) is 1.25. The first-order valence-corrected chi connectivity index (χ1v) is 4.21. The van der Waals surface area contributed by atoms with Gasteiger partial charge in [0.2, 0.25) is 0 Å². The van der Waals surface area contributed by atoms with Gasteiger partial charge in [-0.2, -0.15) is 10.5 Å². The highest BCUT2D eigenvalue weighted by molar-refractivity contribution is 5.64. The highest BCUT2D eigenvalue weighted by Crippen LogP contribution is 2.10. The SMILES string of the molecule is COC(N)=O.N#CC#N.Nc1ccccc1N. The molecule has 0 saturated carbocycles. The molecule has 17 heavy (non-hydrogen) atoms. The van der Waals surface area contributed by atoms with E-state index in [0.29, 0.717) is 11.4 Å². The van der Waals surface area contributed by atoms with Crippen LogP contribution in [-0.4, -0.2) is 13.2 Å². The van der Waals surface area contributed by atoms with Gasteiger partial charge in [-0.05, 0) is 12.1 Å². The lowest BCUT2D eigenvalue weighted by molar-refractivity contribution is 0.182. The molecule has 7 heteroatoms. The van der Waals surface area contributed by atoms with Gasteiger partial charge in [0.1, 0.15) is 0 Å². The predicted molar refractivity (Wildman–Crippen MR) is 63.1 cm³/mol. The van der Waals surface area contributed by atoms with Gasteiger partial charge >= 0.3 is 6.09 Å². The van der Waals surface area contributed by atoms with Crippen LogP contribution in [-0.2, 0) is 4.74 Å². The molecule has 0 heterocycles. The van der Waals surface area contributed by atoms with Gasteiger partial charge in [0.05, 0.1) is 18.5 Å². The second-order valence-corrected chi connectivity index (χ2v) is 2.38. The molecule has 0 aliphatic carbocycles. The fourth-order valence-corrected chi connectivity index (χ4v) is 0.511. The number of nitrogens with two attached hydrogens (primary N) is 3. The first kappa shape index (κ1) is 16.5. The average Bonchev–Trinajstić information content (AvgIpc) is 2.34. The fourth-order valence-electron chi connectivity index (χ4n) is 0.511. The van der Waals surface area contributed by atoms with Crippen molar-refractivity contribution in [2.75, 3.05) is 18.6 Å². The zero-order valence-electron chi connectivity index (χ0n) is 9.25.